The quantitative estimate of drug-likeness (QED) is 0.279. The minimum absolute atomic E-state index is 0.0605. The van der Waals surface area contributed by atoms with Gasteiger partial charge in [-0.15, -0.1) is 0 Å². The molecular formula is C32H28N2O3. The Morgan fingerprint density at radius 2 is 1.54 bits per heavy atom. The smallest absolute Gasteiger partial charge is 0.255 e. The predicted octanol–water partition coefficient (Wildman–Crippen LogP) is 6.64. The Kier molecular flexibility index (Phi) is 5.89. The number of carbonyl (C=O) groups excluding carboxylic acids is 1. The lowest BCUT2D eigenvalue weighted by molar-refractivity contribution is 0.0753. The van der Waals surface area contributed by atoms with E-state index in [1.807, 2.05) is 65.6 Å². The molecule has 0 saturated carbocycles. The molecule has 0 unspecified atom stereocenters. The van der Waals surface area contributed by atoms with Gasteiger partial charge in [-0.3, -0.25) is 4.79 Å². The van der Waals surface area contributed by atoms with Gasteiger partial charge in [0.2, 0.25) is 0 Å². The molecule has 1 atom stereocenters. The lowest BCUT2D eigenvalue weighted by Crippen LogP contribution is -2.31. The number of methoxy groups -OCH3 is 2. The number of ether oxygens (including phenoxy) is 2. The number of benzene rings is 4. The van der Waals surface area contributed by atoms with Gasteiger partial charge in [0.05, 0.1) is 26.0 Å². The summed E-state index contributed by atoms with van der Waals surface area (Å²) in [5.41, 5.74) is 7.24. The predicted molar refractivity (Wildman–Crippen MR) is 146 cm³/mol. The summed E-state index contributed by atoms with van der Waals surface area (Å²) in [6, 6.07) is 32.4. The minimum atomic E-state index is -0.199. The summed E-state index contributed by atoms with van der Waals surface area (Å²) < 4.78 is 10.9. The number of aromatic nitrogens is 1. The first-order chi connectivity index (χ1) is 18.2. The van der Waals surface area contributed by atoms with Gasteiger partial charge in [0.25, 0.3) is 5.91 Å². The molecule has 0 radical (unpaired) electrons. The molecule has 5 heteroatoms. The van der Waals surface area contributed by atoms with Crippen molar-refractivity contribution in [3.8, 4) is 22.8 Å². The van der Waals surface area contributed by atoms with Gasteiger partial charge in [-0.05, 0) is 47.4 Å². The van der Waals surface area contributed by atoms with Gasteiger partial charge in [0.1, 0.15) is 0 Å². The Bertz CT molecular complexity index is 1590. The molecule has 1 aliphatic heterocycles. The second-order valence-corrected chi connectivity index (χ2v) is 9.25. The molecule has 0 saturated heterocycles. The number of aromatic amines is 1. The van der Waals surface area contributed by atoms with Crippen molar-refractivity contribution < 1.29 is 14.3 Å². The molecule has 0 aliphatic carbocycles. The van der Waals surface area contributed by atoms with Crippen molar-refractivity contribution in [1.29, 1.82) is 0 Å². The Balaban J connectivity index is 1.46. The van der Waals surface area contributed by atoms with Crippen molar-refractivity contribution in [3.05, 3.63) is 119 Å². The molecule has 1 N–H and O–H groups in total. The molecule has 0 spiro atoms. The Morgan fingerprint density at radius 1 is 0.811 bits per heavy atom. The maximum Gasteiger partial charge on any atom is 0.255 e. The van der Waals surface area contributed by atoms with E-state index in [4.69, 9.17) is 9.47 Å². The fraction of sp³-hybridized carbons (Fsp3) is 0.156. The van der Waals surface area contributed by atoms with Crippen LogP contribution in [-0.2, 0) is 6.42 Å². The van der Waals surface area contributed by atoms with Crippen LogP contribution in [0.4, 0.5) is 0 Å². The summed E-state index contributed by atoms with van der Waals surface area (Å²) in [7, 11) is 3.27. The van der Waals surface area contributed by atoms with Crippen LogP contribution < -0.4 is 9.47 Å². The van der Waals surface area contributed by atoms with Crippen LogP contribution in [0.2, 0.25) is 0 Å². The summed E-state index contributed by atoms with van der Waals surface area (Å²) in [6.07, 6.45) is 0.694. The largest absolute Gasteiger partial charge is 0.493 e. The van der Waals surface area contributed by atoms with Gasteiger partial charge in [-0.2, -0.15) is 0 Å². The third-order valence-electron chi connectivity index (χ3n) is 7.23. The molecule has 2 heterocycles. The zero-order valence-corrected chi connectivity index (χ0v) is 20.9. The van der Waals surface area contributed by atoms with E-state index < -0.39 is 0 Å². The molecule has 1 amide bonds. The zero-order valence-electron chi connectivity index (χ0n) is 20.9. The normalized spacial score (nSPS) is 14.7. The van der Waals surface area contributed by atoms with E-state index in [9.17, 15) is 4.79 Å². The van der Waals surface area contributed by atoms with Crippen LogP contribution in [0.15, 0.2) is 97.1 Å². The van der Waals surface area contributed by atoms with Crippen LogP contribution >= 0.6 is 0 Å². The number of fused-ring (bicyclic) bond motifs is 2. The van der Waals surface area contributed by atoms with E-state index in [1.54, 1.807) is 14.2 Å². The first-order valence-corrected chi connectivity index (χ1v) is 12.5. The molecule has 0 fully saturated rings. The van der Waals surface area contributed by atoms with Gasteiger partial charge in [0, 0.05) is 28.6 Å². The van der Waals surface area contributed by atoms with Gasteiger partial charge in [-0.25, -0.2) is 0 Å². The lowest BCUT2D eigenvalue weighted by Gasteiger charge is -2.27. The first-order valence-electron chi connectivity index (χ1n) is 12.5. The summed E-state index contributed by atoms with van der Waals surface area (Å²) >= 11 is 0. The van der Waals surface area contributed by atoms with Crippen LogP contribution in [-0.4, -0.2) is 36.6 Å². The van der Waals surface area contributed by atoms with Gasteiger partial charge >= 0.3 is 0 Å². The molecule has 5 aromatic rings. The molecule has 1 aliphatic rings. The number of amides is 1. The fourth-order valence-corrected chi connectivity index (χ4v) is 5.48. The number of nitrogens with zero attached hydrogens (tertiary/aromatic N) is 1. The molecule has 4 aromatic carbocycles. The number of hydrogen-bond donors (Lipinski definition) is 1. The average molecular weight is 489 g/mol. The zero-order chi connectivity index (χ0) is 25.4. The van der Waals surface area contributed by atoms with Crippen LogP contribution in [0.1, 0.15) is 33.1 Å². The number of carbonyl (C=O) groups is 1. The van der Waals surface area contributed by atoms with Crippen molar-refractivity contribution >= 4 is 16.8 Å². The minimum Gasteiger partial charge on any atom is -0.493 e. The highest BCUT2D eigenvalue weighted by molar-refractivity contribution is 6.02. The number of rotatable bonds is 7. The summed E-state index contributed by atoms with van der Waals surface area (Å²) in [5, 5.41) is 1.13. The van der Waals surface area contributed by atoms with Gasteiger partial charge in [-0.1, -0.05) is 72.8 Å². The average Bonchev–Trinajstić information content (AvgIpc) is 3.47. The monoisotopic (exact) mass is 488 g/mol. The van der Waals surface area contributed by atoms with Crippen LogP contribution in [0.3, 0.4) is 0 Å². The molecule has 6 rings (SSSR count). The Labute approximate surface area is 216 Å². The third-order valence-corrected chi connectivity index (χ3v) is 7.23. The number of para-hydroxylation sites is 1. The molecule has 5 nitrogen and oxygen atoms in total. The highest BCUT2D eigenvalue weighted by Crippen LogP contribution is 2.45. The van der Waals surface area contributed by atoms with Gasteiger partial charge in [0.15, 0.2) is 11.5 Å². The summed E-state index contributed by atoms with van der Waals surface area (Å²) in [5.74, 6) is 1.45. The third kappa shape index (κ3) is 3.93. The first kappa shape index (κ1) is 22.9. The van der Waals surface area contributed by atoms with Crippen molar-refractivity contribution in [1.82, 2.24) is 9.88 Å². The highest BCUT2D eigenvalue weighted by atomic mass is 16.5. The van der Waals surface area contributed by atoms with E-state index in [1.165, 1.54) is 0 Å². The van der Waals surface area contributed by atoms with Crippen molar-refractivity contribution in [3.63, 3.8) is 0 Å². The number of H-pyrrole nitrogens is 1. The second-order valence-electron chi connectivity index (χ2n) is 9.25. The van der Waals surface area contributed by atoms with E-state index >= 15 is 0 Å². The van der Waals surface area contributed by atoms with E-state index in [0.29, 0.717) is 24.5 Å². The van der Waals surface area contributed by atoms with Crippen molar-refractivity contribution in [2.75, 3.05) is 20.8 Å². The molecular weight excluding hydrogens is 460 g/mol. The SMILES string of the molecule is COc1ccc(CCN2C(=O)c3ccccc3[C@@H]2c2c(-c3ccccc3)[nH]c3ccccc23)cc1OC. The molecule has 184 valence electrons. The maximum absolute atomic E-state index is 13.8. The Morgan fingerprint density at radius 3 is 2.35 bits per heavy atom. The Hall–Kier alpha value is -4.51. The standard InChI is InChI=1S/C32H28N2O3/c1-36-27-17-16-21(20-28(27)37-2)18-19-34-31(23-12-6-7-13-24(23)32(34)35)29-25-14-8-9-15-26(25)33-30(29)22-10-4-3-5-11-22/h3-17,20,31,33H,18-19H2,1-2H3/t31-/m1/s1. The lowest BCUT2D eigenvalue weighted by atomic mass is 9.93. The maximum atomic E-state index is 13.8. The van der Waals surface area contributed by atoms with Crippen molar-refractivity contribution in [2.45, 2.75) is 12.5 Å². The van der Waals surface area contributed by atoms with Crippen LogP contribution in [0, 0.1) is 0 Å². The molecule has 1 aromatic heterocycles. The van der Waals surface area contributed by atoms with Gasteiger partial charge < -0.3 is 19.4 Å². The number of nitrogens with one attached hydrogen (secondary N) is 1. The van der Waals surface area contributed by atoms with E-state index in [2.05, 4.69) is 41.4 Å². The van der Waals surface area contributed by atoms with E-state index in [-0.39, 0.29) is 11.9 Å². The van der Waals surface area contributed by atoms with E-state index in [0.717, 1.165) is 44.4 Å². The van der Waals surface area contributed by atoms with Crippen molar-refractivity contribution in [2.24, 2.45) is 0 Å². The fourth-order valence-electron chi connectivity index (χ4n) is 5.48. The molecule has 37 heavy (non-hydrogen) atoms. The second kappa shape index (κ2) is 9.51. The number of hydrogen-bond acceptors (Lipinski definition) is 3. The highest BCUT2D eigenvalue weighted by Gasteiger charge is 2.39. The van der Waals surface area contributed by atoms with Crippen LogP contribution in [0.25, 0.3) is 22.2 Å². The van der Waals surface area contributed by atoms with Crippen LogP contribution in [0.5, 0.6) is 11.5 Å². The molecule has 0 bridgehead atoms. The topological polar surface area (TPSA) is 54.6 Å². The summed E-state index contributed by atoms with van der Waals surface area (Å²) in [6.45, 7) is 0.571. The summed E-state index contributed by atoms with van der Waals surface area (Å²) in [4.78, 5) is 19.5.